The van der Waals surface area contributed by atoms with Gasteiger partial charge in [0, 0.05) is 30.9 Å². The Balaban J connectivity index is 2.53. The van der Waals surface area contributed by atoms with E-state index in [-0.39, 0.29) is 18.4 Å². The topological polar surface area (TPSA) is 61.4 Å². The lowest BCUT2D eigenvalue weighted by Crippen LogP contribution is -2.35. The van der Waals surface area contributed by atoms with Gasteiger partial charge in [-0.1, -0.05) is 19.1 Å². The van der Waals surface area contributed by atoms with Crippen LogP contribution in [0.2, 0.25) is 0 Å². The number of rotatable bonds is 9. The summed E-state index contributed by atoms with van der Waals surface area (Å²) in [5.41, 5.74) is 1.56. The van der Waals surface area contributed by atoms with Crippen LogP contribution in [0.25, 0.3) is 0 Å². The molecule has 22 heavy (non-hydrogen) atoms. The first-order valence-electron chi connectivity index (χ1n) is 7.24. The smallest absolute Gasteiger partial charge is 0.242 e. The Morgan fingerprint density at radius 1 is 1.09 bits per heavy atom. The molecule has 5 heteroatoms. The van der Waals surface area contributed by atoms with Crippen LogP contribution in [0.4, 0.5) is 11.4 Å². The van der Waals surface area contributed by atoms with Crippen LogP contribution in [0.3, 0.4) is 0 Å². The average molecular weight is 301 g/mol. The van der Waals surface area contributed by atoms with E-state index in [0.717, 1.165) is 11.4 Å². The van der Waals surface area contributed by atoms with Gasteiger partial charge in [-0.3, -0.25) is 9.59 Å². The molecule has 5 nitrogen and oxygen atoms in total. The van der Waals surface area contributed by atoms with Crippen LogP contribution in [0.1, 0.15) is 13.3 Å². The number of nitrogens with zero attached hydrogens (tertiary/aromatic N) is 1. The van der Waals surface area contributed by atoms with Crippen LogP contribution in [0, 0.1) is 0 Å². The highest BCUT2D eigenvalue weighted by molar-refractivity contribution is 5.90. The molecule has 118 valence electrons. The fourth-order valence-electron chi connectivity index (χ4n) is 1.80. The maximum absolute atomic E-state index is 12.1. The molecule has 0 heterocycles. The van der Waals surface area contributed by atoms with Crippen molar-refractivity contribution in [2.75, 3.05) is 30.3 Å². The molecule has 0 aliphatic rings. The maximum atomic E-state index is 12.1. The Morgan fingerprint density at radius 2 is 1.64 bits per heavy atom. The van der Waals surface area contributed by atoms with E-state index in [1.165, 1.54) is 0 Å². The van der Waals surface area contributed by atoms with E-state index >= 15 is 0 Å². The molecular weight excluding hydrogens is 278 g/mol. The molecule has 2 amide bonds. The Labute approximate surface area is 131 Å². The zero-order valence-electron chi connectivity index (χ0n) is 13.0. The average Bonchev–Trinajstić information content (AvgIpc) is 2.53. The number of benzene rings is 1. The highest BCUT2D eigenvalue weighted by Crippen LogP contribution is 2.13. The predicted molar refractivity (Wildman–Crippen MR) is 90.8 cm³/mol. The van der Waals surface area contributed by atoms with Crippen LogP contribution >= 0.6 is 0 Å². The number of anilines is 2. The number of carbonyl (C=O) groups is 2. The second kappa shape index (κ2) is 9.39. The van der Waals surface area contributed by atoms with Gasteiger partial charge >= 0.3 is 0 Å². The third-order valence-electron chi connectivity index (χ3n) is 2.99. The summed E-state index contributed by atoms with van der Waals surface area (Å²) in [5, 5.41) is 5.84. The third-order valence-corrected chi connectivity index (χ3v) is 2.99. The zero-order valence-corrected chi connectivity index (χ0v) is 13.0. The molecule has 0 atom stereocenters. The fourth-order valence-corrected chi connectivity index (χ4v) is 1.80. The van der Waals surface area contributed by atoms with Crippen LogP contribution in [-0.2, 0) is 9.59 Å². The van der Waals surface area contributed by atoms with E-state index in [4.69, 9.17) is 0 Å². The lowest BCUT2D eigenvalue weighted by molar-refractivity contribution is -0.128. The summed E-state index contributed by atoms with van der Waals surface area (Å²) in [6, 6.07) is 7.24. The molecule has 2 N–H and O–H groups in total. The zero-order chi connectivity index (χ0) is 16.4. The maximum Gasteiger partial charge on any atom is 0.242 e. The first-order chi connectivity index (χ1) is 10.6. The van der Waals surface area contributed by atoms with Crippen LogP contribution in [0.5, 0.6) is 0 Å². The molecule has 1 aromatic carbocycles. The van der Waals surface area contributed by atoms with Crippen molar-refractivity contribution in [1.29, 1.82) is 0 Å². The van der Waals surface area contributed by atoms with Crippen molar-refractivity contribution in [3.8, 4) is 0 Å². The molecule has 1 rings (SSSR count). The highest BCUT2D eigenvalue weighted by atomic mass is 16.2. The van der Waals surface area contributed by atoms with Gasteiger partial charge in [0.05, 0.1) is 6.54 Å². The molecular formula is C17H23N3O2. The van der Waals surface area contributed by atoms with Gasteiger partial charge in [0.15, 0.2) is 0 Å². The fraction of sp³-hybridized carbons (Fsp3) is 0.294. The van der Waals surface area contributed by atoms with Gasteiger partial charge in [-0.25, -0.2) is 0 Å². The first kappa shape index (κ1) is 17.5. The van der Waals surface area contributed by atoms with Crippen molar-refractivity contribution < 1.29 is 9.59 Å². The van der Waals surface area contributed by atoms with E-state index in [9.17, 15) is 9.59 Å². The molecule has 0 aromatic heterocycles. The second-order valence-electron chi connectivity index (χ2n) is 4.71. The van der Waals surface area contributed by atoms with E-state index in [0.29, 0.717) is 19.5 Å². The molecule has 0 aliphatic heterocycles. The van der Waals surface area contributed by atoms with Crippen LogP contribution in [0.15, 0.2) is 49.6 Å². The number of hydrogen-bond donors (Lipinski definition) is 2. The Morgan fingerprint density at radius 3 is 2.14 bits per heavy atom. The van der Waals surface area contributed by atoms with E-state index in [1.807, 2.05) is 12.1 Å². The van der Waals surface area contributed by atoms with Crippen molar-refractivity contribution in [2.45, 2.75) is 13.3 Å². The minimum absolute atomic E-state index is 0.0248. The van der Waals surface area contributed by atoms with Crippen LogP contribution < -0.4 is 10.6 Å². The van der Waals surface area contributed by atoms with E-state index < -0.39 is 0 Å². The predicted octanol–water partition coefficient (Wildman–Crippen LogP) is 2.65. The van der Waals surface area contributed by atoms with Gasteiger partial charge in [-0.05, 0) is 24.3 Å². The number of hydrogen-bond acceptors (Lipinski definition) is 3. The van der Waals surface area contributed by atoms with E-state index in [2.05, 4.69) is 23.8 Å². The van der Waals surface area contributed by atoms with E-state index in [1.54, 1.807) is 36.1 Å². The minimum atomic E-state index is -0.0274. The molecule has 0 saturated carbocycles. The summed E-state index contributed by atoms with van der Waals surface area (Å²) >= 11 is 0. The van der Waals surface area contributed by atoms with Crippen molar-refractivity contribution in [3.05, 3.63) is 49.6 Å². The third kappa shape index (κ3) is 5.83. The lowest BCUT2D eigenvalue weighted by Gasteiger charge is -2.19. The van der Waals surface area contributed by atoms with Crippen LogP contribution in [-0.4, -0.2) is 36.3 Å². The van der Waals surface area contributed by atoms with Crippen molar-refractivity contribution >= 4 is 23.2 Å². The van der Waals surface area contributed by atoms with Gasteiger partial charge in [0.25, 0.3) is 0 Å². The Hall–Kier alpha value is -2.56. The summed E-state index contributed by atoms with van der Waals surface area (Å²) in [5.74, 6) is -0.0523. The van der Waals surface area contributed by atoms with Crippen molar-refractivity contribution in [1.82, 2.24) is 4.90 Å². The Bertz CT molecular complexity index is 513. The number of carbonyl (C=O) groups excluding carboxylic acids is 2. The molecule has 0 unspecified atom stereocenters. The molecule has 0 spiro atoms. The molecule has 0 bridgehead atoms. The molecule has 0 fully saturated rings. The standard InChI is InChI=1S/C17H23N3O2/c1-4-11-20(12-5-2)17(22)13-18-14-7-9-15(10-8-14)19-16(21)6-3/h4-5,7-10,18H,1-2,6,11-13H2,3H3,(H,19,21). The summed E-state index contributed by atoms with van der Waals surface area (Å²) in [6.07, 6.45) is 3.82. The first-order valence-corrected chi connectivity index (χ1v) is 7.24. The minimum Gasteiger partial charge on any atom is -0.376 e. The number of nitrogens with one attached hydrogen (secondary N) is 2. The quantitative estimate of drug-likeness (QED) is 0.689. The van der Waals surface area contributed by atoms with Gasteiger partial charge in [0.1, 0.15) is 0 Å². The van der Waals surface area contributed by atoms with Crippen molar-refractivity contribution in [3.63, 3.8) is 0 Å². The Kier molecular flexibility index (Phi) is 7.47. The second-order valence-corrected chi connectivity index (χ2v) is 4.71. The van der Waals surface area contributed by atoms with Gasteiger partial charge in [-0.15, -0.1) is 13.2 Å². The van der Waals surface area contributed by atoms with Crippen molar-refractivity contribution in [2.24, 2.45) is 0 Å². The molecule has 0 saturated heterocycles. The monoisotopic (exact) mass is 301 g/mol. The summed E-state index contributed by atoms with van der Waals surface area (Å²) in [7, 11) is 0. The summed E-state index contributed by atoms with van der Waals surface area (Å²) < 4.78 is 0. The molecule has 0 aliphatic carbocycles. The molecule has 1 aromatic rings. The summed E-state index contributed by atoms with van der Waals surface area (Å²) in [4.78, 5) is 25.0. The largest absolute Gasteiger partial charge is 0.376 e. The SMILES string of the molecule is C=CCN(CC=C)C(=O)CNc1ccc(NC(=O)CC)cc1. The van der Waals surface area contributed by atoms with Gasteiger partial charge < -0.3 is 15.5 Å². The lowest BCUT2D eigenvalue weighted by atomic mass is 10.2. The molecule has 0 radical (unpaired) electrons. The summed E-state index contributed by atoms with van der Waals surface area (Å²) in [6.45, 7) is 10.3. The van der Waals surface area contributed by atoms with Gasteiger partial charge in [0.2, 0.25) is 11.8 Å². The van der Waals surface area contributed by atoms with Gasteiger partial charge in [-0.2, -0.15) is 0 Å². The normalized spacial score (nSPS) is 9.68. The highest BCUT2D eigenvalue weighted by Gasteiger charge is 2.09. The number of amides is 2.